The number of benzene rings is 1. The second kappa shape index (κ2) is 5.34. The fourth-order valence-corrected chi connectivity index (χ4v) is 2.52. The van der Waals surface area contributed by atoms with Crippen LogP contribution in [-0.2, 0) is 6.54 Å². The van der Waals surface area contributed by atoms with E-state index in [0.717, 1.165) is 11.1 Å². The summed E-state index contributed by atoms with van der Waals surface area (Å²) in [6, 6.07) is 10.3. The molecule has 1 aromatic heterocycles. The first-order chi connectivity index (χ1) is 8.18. The van der Waals surface area contributed by atoms with Crippen molar-refractivity contribution in [2.24, 2.45) is 0 Å². The summed E-state index contributed by atoms with van der Waals surface area (Å²) in [5.41, 5.74) is 1.88. The molecule has 1 atom stereocenters. The van der Waals surface area contributed by atoms with Crippen molar-refractivity contribution in [1.29, 1.82) is 0 Å². The second-order valence-electron chi connectivity index (χ2n) is 4.20. The molecule has 1 heterocycles. The van der Waals surface area contributed by atoms with Crippen molar-refractivity contribution in [1.82, 2.24) is 5.32 Å². The van der Waals surface area contributed by atoms with Gasteiger partial charge >= 0.3 is 0 Å². The Kier molecular flexibility index (Phi) is 3.82. The number of phenols is 1. The molecule has 0 aliphatic carbocycles. The molecule has 0 aliphatic rings. The van der Waals surface area contributed by atoms with Crippen LogP contribution in [0.4, 0.5) is 0 Å². The van der Waals surface area contributed by atoms with Crippen molar-refractivity contribution in [3.05, 3.63) is 51.7 Å². The molecule has 0 saturated heterocycles. The Bertz CT molecular complexity index is 479. The highest BCUT2D eigenvalue weighted by atomic mass is 32.1. The summed E-state index contributed by atoms with van der Waals surface area (Å²) in [6.07, 6.45) is 0. The maximum absolute atomic E-state index is 9.90. The third-order valence-electron chi connectivity index (χ3n) is 2.89. The van der Waals surface area contributed by atoms with Crippen molar-refractivity contribution in [3.8, 4) is 5.75 Å². The molecule has 17 heavy (non-hydrogen) atoms. The van der Waals surface area contributed by atoms with Gasteiger partial charge in [-0.05, 0) is 30.9 Å². The maximum Gasteiger partial charge on any atom is 0.122 e. The number of rotatable bonds is 4. The van der Waals surface area contributed by atoms with E-state index in [1.165, 1.54) is 4.88 Å². The van der Waals surface area contributed by atoms with Crippen molar-refractivity contribution in [2.75, 3.05) is 0 Å². The molecule has 0 aliphatic heterocycles. The van der Waals surface area contributed by atoms with E-state index in [1.807, 2.05) is 25.1 Å². The Balaban J connectivity index is 2.00. The molecule has 0 saturated carbocycles. The average molecular weight is 247 g/mol. The van der Waals surface area contributed by atoms with E-state index >= 15 is 0 Å². The van der Waals surface area contributed by atoms with E-state index in [0.29, 0.717) is 18.3 Å². The predicted octanol–water partition coefficient (Wildman–Crippen LogP) is 3.61. The molecule has 0 bridgehead atoms. The van der Waals surface area contributed by atoms with Gasteiger partial charge in [0.05, 0.1) is 0 Å². The first kappa shape index (κ1) is 12.1. The number of thiophene rings is 1. The fraction of sp³-hybridized carbons (Fsp3) is 0.286. The minimum atomic E-state index is 0.315. The van der Waals surface area contributed by atoms with Crippen molar-refractivity contribution < 1.29 is 5.11 Å². The Hall–Kier alpha value is -1.32. The first-order valence-electron chi connectivity index (χ1n) is 5.72. The fourth-order valence-electron chi connectivity index (χ4n) is 1.76. The molecule has 90 valence electrons. The third-order valence-corrected chi connectivity index (χ3v) is 3.94. The number of para-hydroxylation sites is 1. The van der Waals surface area contributed by atoms with E-state index in [1.54, 1.807) is 11.3 Å². The van der Waals surface area contributed by atoms with Gasteiger partial charge in [0.15, 0.2) is 0 Å². The summed E-state index contributed by atoms with van der Waals surface area (Å²) >= 11 is 1.75. The number of phenolic OH excluding ortho intramolecular Hbond substituents is 1. The minimum Gasteiger partial charge on any atom is -0.507 e. The summed E-state index contributed by atoms with van der Waals surface area (Å²) < 4.78 is 0. The zero-order valence-electron chi connectivity index (χ0n) is 10.1. The van der Waals surface area contributed by atoms with Gasteiger partial charge in [0.2, 0.25) is 0 Å². The number of aromatic hydroxyl groups is 1. The molecule has 0 spiro atoms. The monoisotopic (exact) mass is 247 g/mol. The zero-order chi connectivity index (χ0) is 12.3. The maximum atomic E-state index is 9.90. The van der Waals surface area contributed by atoms with Crippen LogP contribution in [0.1, 0.15) is 29.0 Å². The Morgan fingerprint density at radius 2 is 2.12 bits per heavy atom. The van der Waals surface area contributed by atoms with Crippen LogP contribution in [0.3, 0.4) is 0 Å². The molecule has 2 rings (SSSR count). The number of hydrogen-bond donors (Lipinski definition) is 2. The average Bonchev–Trinajstić information content (AvgIpc) is 2.84. The molecule has 2 aromatic rings. The highest BCUT2D eigenvalue weighted by Gasteiger charge is 2.08. The molecule has 2 N–H and O–H groups in total. The molecular weight excluding hydrogens is 230 g/mol. The third kappa shape index (κ3) is 2.87. The summed E-state index contributed by atoms with van der Waals surface area (Å²) in [6.45, 7) is 4.74. The second-order valence-corrected chi connectivity index (χ2v) is 5.18. The Morgan fingerprint density at radius 3 is 2.82 bits per heavy atom. The van der Waals surface area contributed by atoms with Gasteiger partial charge in [0.25, 0.3) is 0 Å². The quantitative estimate of drug-likeness (QED) is 0.865. The number of nitrogens with one attached hydrogen (secondary N) is 1. The topological polar surface area (TPSA) is 32.3 Å². The normalized spacial score (nSPS) is 12.6. The summed E-state index contributed by atoms with van der Waals surface area (Å²) in [7, 11) is 0. The molecule has 2 nitrogen and oxygen atoms in total. The van der Waals surface area contributed by atoms with Crippen molar-refractivity contribution in [2.45, 2.75) is 26.4 Å². The molecule has 0 fully saturated rings. The van der Waals surface area contributed by atoms with Gasteiger partial charge < -0.3 is 10.4 Å². The summed E-state index contributed by atoms with van der Waals surface area (Å²) in [5.74, 6) is 0.401. The van der Waals surface area contributed by atoms with Crippen molar-refractivity contribution >= 4 is 11.3 Å². The number of aryl methyl sites for hydroxylation is 1. The molecule has 0 radical (unpaired) electrons. The Labute approximate surface area is 106 Å². The molecule has 0 amide bonds. The molecule has 1 unspecified atom stereocenters. The highest BCUT2D eigenvalue weighted by Crippen LogP contribution is 2.23. The van der Waals surface area contributed by atoms with Gasteiger partial charge in [-0.3, -0.25) is 0 Å². The van der Waals surface area contributed by atoms with Crippen LogP contribution in [-0.4, -0.2) is 5.11 Å². The van der Waals surface area contributed by atoms with Crippen LogP contribution in [0.15, 0.2) is 35.7 Å². The first-order valence-corrected chi connectivity index (χ1v) is 6.60. The van der Waals surface area contributed by atoms with Gasteiger partial charge in [-0.1, -0.05) is 24.3 Å². The van der Waals surface area contributed by atoms with Gasteiger partial charge in [-0.25, -0.2) is 0 Å². The largest absolute Gasteiger partial charge is 0.507 e. The van der Waals surface area contributed by atoms with E-state index in [2.05, 4.69) is 29.8 Å². The van der Waals surface area contributed by atoms with E-state index < -0.39 is 0 Å². The van der Waals surface area contributed by atoms with Crippen LogP contribution in [0.2, 0.25) is 0 Å². The minimum absolute atomic E-state index is 0.315. The van der Waals surface area contributed by atoms with Crippen LogP contribution < -0.4 is 5.32 Å². The van der Waals surface area contributed by atoms with Crippen LogP contribution in [0.5, 0.6) is 5.75 Å². The van der Waals surface area contributed by atoms with E-state index in [4.69, 9.17) is 0 Å². The van der Waals surface area contributed by atoms with Crippen LogP contribution in [0.25, 0.3) is 0 Å². The number of hydrogen-bond acceptors (Lipinski definition) is 3. The summed E-state index contributed by atoms with van der Waals surface area (Å²) in [5, 5.41) is 15.4. The molecule has 3 heteroatoms. The SMILES string of the molecule is Cc1cccc(CNC(C)c2cccs2)c1O. The van der Waals surface area contributed by atoms with Gasteiger partial charge in [-0.2, -0.15) is 0 Å². The lowest BCUT2D eigenvalue weighted by Crippen LogP contribution is -2.17. The van der Waals surface area contributed by atoms with Gasteiger partial charge in [0.1, 0.15) is 5.75 Å². The van der Waals surface area contributed by atoms with E-state index in [9.17, 15) is 5.11 Å². The van der Waals surface area contributed by atoms with Crippen molar-refractivity contribution in [3.63, 3.8) is 0 Å². The van der Waals surface area contributed by atoms with Crippen LogP contribution in [0, 0.1) is 6.92 Å². The lowest BCUT2D eigenvalue weighted by atomic mass is 10.1. The Morgan fingerprint density at radius 1 is 1.29 bits per heavy atom. The van der Waals surface area contributed by atoms with Crippen LogP contribution >= 0.6 is 11.3 Å². The predicted molar refractivity (Wildman–Crippen MR) is 72.4 cm³/mol. The lowest BCUT2D eigenvalue weighted by molar-refractivity contribution is 0.457. The summed E-state index contributed by atoms with van der Waals surface area (Å²) in [4.78, 5) is 1.32. The standard InChI is InChI=1S/C14H17NOS/c1-10-5-3-6-12(14(10)16)9-15-11(2)13-7-4-8-17-13/h3-8,11,15-16H,9H2,1-2H3. The molecular formula is C14H17NOS. The lowest BCUT2D eigenvalue weighted by Gasteiger charge is -2.13. The van der Waals surface area contributed by atoms with Gasteiger partial charge in [-0.15, -0.1) is 11.3 Å². The smallest absolute Gasteiger partial charge is 0.122 e. The highest BCUT2D eigenvalue weighted by molar-refractivity contribution is 7.10. The molecule has 1 aromatic carbocycles. The zero-order valence-corrected chi connectivity index (χ0v) is 10.9. The van der Waals surface area contributed by atoms with Gasteiger partial charge in [0, 0.05) is 23.0 Å². The van der Waals surface area contributed by atoms with E-state index in [-0.39, 0.29) is 0 Å².